The van der Waals surface area contributed by atoms with E-state index in [4.69, 9.17) is 4.74 Å². The molecule has 1 heterocycles. The minimum Gasteiger partial charge on any atom is -0.356 e. The van der Waals surface area contributed by atoms with Gasteiger partial charge in [0, 0.05) is 0 Å². The fourth-order valence-electron chi connectivity index (χ4n) is 1.27. The molecule has 2 aromatic rings. The van der Waals surface area contributed by atoms with Crippen molar-refractivity contribution in [3.63, 3.8) is 0 Å². The normalized spacial score (nSPS) is 10.6. The second kappa shape index (κ2) is 5.97. The molecule has 0 aliphatic carbocycles. The molecule has 0 aliphatic heterocycles. The number of benzene rings is 1. The highest BCUT2D eigenvalue weighted by Crippen LogP contribution is 2.13. The Balaban J connectivity index is 1.87. The summed E-state index contributed by atoms with van der Waals surface area (Å²) in [5.41, 5.74) is 1.19. The lowest BCUT2D eigenvalue weighted by molar-refractivity contribution is 0.0624. The van der Waals surface area contributed by atoms with E-state index in [1.165, 1.54) is 5.56 Å². The highest BCUT2D eigenvalue weighted by molar-refractivity contribution is 14.1. The molecule has 16 heavy (non-hydrogen) atoms. The maximum atomic E-state index is 5.61. The van der Waals surface area contributed by atoms with Gasteiger partial charge < -0.3 is 9.30 Å². The summed E-state index contributed by atoms with van der Waals surface area (Å²) in [5, 5.41) is 0. The number of hydrogen-bond donors (Lipinski definition) is 0. The molecule has 0 atom stereocenters. The van der Waals surface area contributed by atoms with Crippen molar-refractivity contribution in [2.45, 2.75) is 13.3 Å². The van der Waals surface area contributed by atoms with Gasteiger partial charge in [-0.15, -0.1) is 0 Å². The molecule has 1 aromatic carbocycles. The smallest absolute Gasteiger partial charge is 0.133 e. The molecular formula is C11H10I2N2O. The lowest BCUT2D eigenvalue weighted by Gasteiger charge is -2.06. The summed E-state index contributed by atoms with van der Waals surface area (Å²) in [7, 11) is 0. The van der Waals surface area contributed by atoms with Crippen molar-refractivity contribution in [2.24, 2.45) is 0 Å². The summed E-state index contributed by atoms with van der Waals surface area (Å²) in [4.78, 5) is 4.20. The molecule has 5 heteroatoms. The molecule has 0 N–H and O–H groups in total. The van der Waals surface area contributed by atoms with Gasteiger partial charge in [-0.2, -0.15) is 0 Å². The Morgan fingerprint density at radius 1 is 1.19 bits per heavy atom. The minimum absolute atomic E-state index is 0.545. The van der Waals surface area contributed by atoms with Crippen molar-refractivity contribution in [1.29, 1.82) is 0 Å². The van der Waals surface area contributed by atoms with Gasteiger partial charge in [0.15, 0.2) is 0 Å². The Hall–Kier alpha value is -0.150. The van der Waals surface area contributed by atoms with Gasteiger partial charge in [-0.05, 0) is 50.7 Å². The van der Waals surface area contributed by atoms with E-state index in [2.05, 4.69) is 62.3 Å². The highest BCUT2D eigenvalue weighted by atomic mass is 127. The molecule has 1 aromatic heterocycles. The monoisotopic (exact) mass is 440 g/mol. The predicted molar refractivity (Wildman–Crippen MR) is 78.9 cm³/mol. The number of nitrogens with zero attached hydrogens (tertiary/aromatic N) is 2. The lowest BCUT2D eigenvalue weighted by atomic mass is 10.2. The maximum absolute atomic E-state index is 5.61. The van der Waals surface area contributed by atoms with Crippen molar-refractivity contribution < 1.29 is 4.74 Å². The van der Waals surface area contributed by atoms with Gasteiger partial charge in [-0.25, -0.2) is 4.98 Å². The Bertz CT molecular complexity index is 456. The average Bonchev–Trinajstić information content (AvgIpc) is 2.62. The first-order valence-corrected chi connectivity index (χ1v) is 6.91. The molecule has 0 saturated heterocycles. The average molecular weight is 440 g/mol. The van der Waals surface area contributed by atoms with Crippen LogP contribution in [0.2, 0.25) is 0 Å². The predicted octanol–water partition coefficient (Wildman–Crippen LogP) is 3.27. The van der Waals surface area contributed by atoms with Gasteiger partial charge in [-0.3, -0.25) is 0 Å². The standard InChI is InChI=1S/C11H10I2N2O/c12-10-11(13)15(7-14-10)8-16-6-9-4-2-1-3-5-9/h1-5,7H,6,8H2. The molecule has 2 rings (SSSR count). The highest BCUT2D eigenvalue weighted by Gasteiger charge is 2.04. The van der Waals surface area contributed by atoms with Gasteiger partial charge in [0.25, 0.3) is 0 Å². The zero-order chi connectivity index (χ0) is 11.4. The first-order valence-electron chi connectivity index (χ1n) is 4.75. The summed E-state index contributed by atoms with van der Waals surface area (Å²) < 4.78 is 9.74. The van der Waals surface area contributed by atoms with Crippen LogP contribution < -0.4 is 0 Å². The quantitative estimate of drug-likeness (QED) is 0.684. The number of aromatic nitrogens is 2. The van der Waals surface area contributed by atoms with E-state index in [9.17, 15) is 0 Å². The Kier molecular flexibility index (Phi) is 4.59. The van der Waals surface area contributed by atoms with E-state index in [1.807, 2.05) is 22.8 Å². The Labute approximate surface area is 121 Å². The van der Waals surface area contributed by atoms with E-state index in [-0.39, 0.29) is 0 Å². The minimum atomic E-state index is 0.545. The van der Waals surface area contributed by atoms with Gasteiger partial charge in [0.2, 0.25) is 0 Å². The molecule has 0 spiro atoms. The summed E-state index contributed by atoms with van der Waals surface area (Å²) in [6.45, 7) is 1.18. The van der Waals surface area contributed by atoms with Crippen LogP contribution in [-0.4, -0.2) is 9.55 Å². The van der Waals surface area contributed by atoms with Crippen LogP contribution in [0.25, 0.3) is 0 Å². The zero-order valence-electron chi connectivity index (χ0n) is 8.44. The fourth-order valence-corrected chi connectivity index (χ4v) is 2.11. The second-order valence-electron chi connectivity index (χ2n) is 3.26. The topological polar surface area (TPSA) is 27.1 Å². The van der Waals surface area contributed by atoms with Crippen LogP contribution in [0.5, 0.6) is 0 Å². The molecular weight excluding hydrogens is 430 g/mol. The van der Waals surface area contributed by atoms with Crippen LogP contribution in [0.15, 0.2) is 36.7 Å². The molecule has 0 amide bonds. The van der Waals surface area contributed by atoms with Gasteiger partial charge in [0.1, 0.15) is 14.1 Å². The number of rotatable bonds is 4. The molecule has 84 valence electrons. The SMILES string of the molecule is Ic1ncn(COCc2ccccc2)c1I. The first kappa shape index (κ1) is 12.3. The van der Waals surface area contributed by atoms with Crippen LogP contribution in [0.3, 0.4) is 0 Å². The number of hydrogen-bond acceptors (Lipinski definition) is 2. The third-order valence-electron chi connectivity index (χ3n) is 2.07. The van der Waals surface area contributed by atoms with E-state index in [0.29, 0.717) is 13.3 Å². The van der Waals surface area contributed by atoms with Gasteiger partial charge in [-0.1, -0.05) is 30.3 Å². The number of ether oxygens (including phenoxy) is 1. The molecule has 3 nitrogen and oxygen atoms in total. The number of imidazole rings is 1. The summed E-state index contributed by atoms with van der Waals surface area (Å²) in [6.07, 6.45) is 1.80. The fraction of sp³-hybridized carbons (Fsp3) is 0.182. The van der Waals surface area contributed by atoms with Crippen LogP contribution >= 0.6 is 45.2 Å². The lowest BCUT2D eigenvalue weighted by Crippen LogP contribution is -2.03. The summed E-state index contributed by atoms with van der Waals surface area (Å²) >= 11 is 4.48. The van der Waals surface area contributed by atoms with Crippen molar-refractivity contribution in [1.82, 2.24) is 9.55 Å². The molecule has 0 bridgehead atoms. The summed E-state index contributed by atoms with van der Waals surface area (Å²) in [5.74, 6) is 0. The maximum Gasteiger partial charge on any atom is 0.133 e. The van der Waals surface area contributed by atoms with Crippen molar-refractivity contribution >= 4 is 45.2 Å². The third kappa shape index (κ3) is 3.17. The van der Waals surface area contributed by atoms with Crippen molar-refractivity contribution in [3.05, 3.63) is 49.6 Å². The molecule has 0 saturated carbocycles. The van der Waals surface area contributed by atoms with Crippen molar-refractivity contribution in [3.8, 4) is 0 Å². The zero-order valence-corrected chi connectivity index (χ0v) is 12.8. The Morgan fingerprint density at radius 2 is 1.94 bits per heavy atom. The van der Waals surface area contributed by atoms with Gasteiger partial charge >= 0.3 is 0 Å². The van der Waals surface area contributed by atoms with Crippen LogP contribution in [-0.2, 0) is 18.1 Å². The van der Waals surface area contributed by atoms with Crippen LogP contribution in [0, 0.1) is 7.40 Å². The third-order valence-corrected chi connectivity index (χ3v) is 5.03. The van der Waals surface area contributed by atoms with Crippen molar-refractivity contribution in [2.75, 3.05) is 0 Å². The summed E-state index contributed by atoms with van der Waals surface area (Å²) in [6, 6.07) is 10.2. The van der Waals surface area contributed by atoms with E-state index in [1.54, 1.807) is 6.33 Å². The first-order chi connectivity index (χ1) is 7.77. The number of halogens is 2. The Morgan fingerprint density at radius 3 is 2.56 bits per heavy atom. The van der Waals surface area contributed by atoms with E-state index in [0.717, 1.165) is 7.40 Å². The second-order valence-corrected chi connectivity index (χ2v) is 5.30. The van der Waals surface area contributed by atoms with E-state index >= 15 is 0 Å². The molecule has 0 aliphatic rings. The molecule has 0 fully saturated rings. The van der Waals surface area contributed by atoms with Gasteiger partial charge in [0.05, 0.1) is 12.9 Å². The van der Waals surface area contributed by atoms with Crippen LogP contribution in [0.1, 0.15) is 5.56 Å². The largest absolute Gasteiger partial charge is 0.356 e. The molecule has 0 radical (unpaired) electrons. The molecule has 0 unspecified atom stereocenters. The van der Waals surface area contributed by atoms with Crippen LogP contribution in [0.4, 0.5) is 0 Å². The van der Waals surface area contributed by atoms with E-state index < -0.39 is 0 Å².